The lowest BCUT2D eigenvalue weighted by Gasteiger charge is -2.02. The van der Waals surface area contributed by atoms with Crippen molar-refractivity contribution >= 4 is 28.1 Å². The van der Waals surface area contributed by atoms with Gasteiger partial charge in [-0.1, -0.05) is 64.5 Å². The van der Waals surface area contributed by atoms with E-state index in [1.807, 2.05) is 48.7 Å². The summed E-state index contributed by atoms with van der Waals surface area (Å²) in [5, 5.41) is 0. The van der Waals surface area contributed by atoms with Crippen molar-refractivity contribution < 1.29 is 0 Å². The molecule has 0 saturated carbocycles. The maximum Gasteiger partial charge on any atom is 0.0636 e. The Morgan fingerprint density at radius 1 is 0.762 bits per heavy atom. The highest BCUT2D eigenvalue weighted by Crippen LogP contribution is 2.20. The van der Waals surface area contributed by atoms with Gasteiger partial charge in [0.25, 0.3) is 0 Å². The van der Waals surface area contributed by atoms with Crippen LogP contribution in [0.2, 0.25) is 0 Å². The molecule has 0 unspecified atom stereocenters. The molecule has 0 aliphatic carbocycles. The Morgan fingerprint density at radius 2 is 1.52 bits per heavy atom. The lowest BCUT2D eigenvalue weighted by molar-refractivity contribution is 1.30. The summed E-state index contributed by atoms with van der Waals surface area (Å²) in [5.74, 6) is 0. The Bertz CT molecular complexity index is 746. The van der Waals surface area contributed by atoms with Crippen LogP contribution in [0.1, 0.15) is 11.3 Å². The third kappa shape index (κ3) is 3.67. The Kier molecular flexibility index (Phi) is 4.27. The first-order chi connectivity index (χ1) is 10.3. The van der Waals surface area contributed by atoms with Gasteiger partial charge in [0, 0.05) is 10.7 Å². The van der Waals surface area contributed by atoms with Crippen LogP contribution in [0.25, 0.3) is 23.3 Å². The molecule has 2 aromatic carbocycles. The van der Waals surface area contributed by atoms with Crippen molar-refractivity contribution in [3.05, 3.63) is 88.7 Å². The minimum atomic E-state index is 0.958. The maximum atomic E-state index is 4.40. The van der Waals surface area contributed by atoms with Gasteiger partial charge in [0.1, 0.15) is 0 Å². The van der Waals surface area contributed by atoms with Gasteiger partial charge in [-0.25, -0.2) is 0 Å². The van der Waals surface area contributed by atoms with Crippen LogP contribution in [-0.4, -0.2) is 4.98 Å². The van der Waals surface area contributed by atoms with E-state index in [2.05, 4.69) is 57.3 Å². The molecule has 0 bridgehead atoms. The molecular formula is C19H14BrN. The minimum Gasteiger partial charge on any atom is -0.257 e. The van der Waals surface area contributed by atoms with Gasteiger partial charge < -0.3 is 0 Å². The number of nitrogens with zero attached hydrogens (tertiary/aromatic N) is 1. The molecule has 3 rings (SSSR count). The lowest BCUT2D eigenvalue weighted by Crippen LogP contribution is -1.83. The summed E-state index contributed by atoms with van der Waals surface area (Å²) >= 11 is 3.44. The van der Waals surface area contributed by atoms with E-state index >= 15 is 0 Å². The van der Waals surface area contributed by atoms with Gasteiger partial charge in [-0.05, 0) is 47.0 Å². The van der Waals surface area contributed by atoms with Crippen LogP contribution in [0.5, 0.6) is 0 Å². The third-order valence-electron chi connectivity index (χ3n) is 3.20. The Balaban J connectivity index is 1.85. The Labute approximate surface area is 133 Å². The molecule has 1 aromatic heterocycles. The fraction of sp³-hybridized carbons (Fsp3) is 0. The molecule has 102 valence electrons. The van der Waals surface area contributed by atoms with E-state index in [9.17, 15) is 0 Å². The minimum absolute atomic E-state index is 0.958. The van der Waals surface area contributed by atoms with Gasteiger partial charge in [0.15, 0.2) is 0 Å². The summed E-state index contributed by atoms with van der Waals surface area (Å²) < 4.78 is 1.09. The van der Waals surface area contributed by atoms with Crippen LogP contribution in [-0.2, 0) is 0 Å². The SMILES string of the molecule is Brc1ccc(/C=C\c2cc(-c3ccccc3)ccn2)cc1. The standard InChI is InChI=1S/C19H14BrN/c20-18-9-6-15(7-10-18)8-11-19-14-17(12-13-21-19)16-4-2-1-3-5-16/h1-14H/b11-8-. The van der Waals surface area contributed by atoms with Crippen LogP contribution >= 0.6 is 15.9 Å². The Morgan fingerprint density at radius 3 is 2.29 bits per heavy atom. The first-order valence-electron chi connectivity index (χ1n) is 6.76. The van der Waals surface area contributed by atoms with Crippen LogP contribution in [0.15, 0.2) is 77.4 Å². The topological polar surface area (TPSA) is 12.9 Å². The molecular weight excluding hydrogens is 322 g/mol. The molecule has 0 radical (unpaired) electrons. The van der Waals surface area contributed by atoms with Gasteiger partial charge in [0.05, 0.1) is 5.69 Å². The van der Waals surface area contributed by atoms with Crippen molar-refractivity contribution in [3.8, 4) is 11.1 Å². The molecule has 2 heteroatoms. The molecule has 0 N–H and O–H groups in total. The second kappa shape index (κ2) is 6.51. The van der Waals surface area contributed by atoms with Crippen LogP contribution in [0.3, 0.4) is 0 Å². The molecule has 0 atom stereocenters. The molecule has 21 heavy (non-hydrogen) atoms. The molecule has 0 spiro atoms. The van der Waals surface area contributed by atoms with Gasteiger partial charge >= 0.3 is 0 Å². The van der Waals surface area contributed by atoms with Crippen molar-refractivity contribution in [3.63, 3.8) is 0 Å². The van der Waals surface area contributed by atoms with Crippen molar-refractivity contribution in [1.29, 1.82) is 0 Å². The highest BCUT2D eigenvalue weighted by Gasteiger charge is 1.97. The van der Waals surface area contributed by atoms with Crippen molar-refractivity contribution in [2.75, 3.05) is 0 Å². The molecule has 0 saturated heterocycles. The number of halogens is 1. The van der Waals surface area contributed by atoms with E-state index in [0.717, 1.165) is 15.7 Å². The molecule has 0 fully saturated rings. The Hall–Kier alpha value is -2.19. The van der Waals surface area contributed by atoms with Crippen LogP contribution < -0.4 is 0 Å². The van der Waals surface area contributed by atoms with E-state index in [0.29, 0.717) is 0 Å². The van der Waals surface area contributed by atoms with Crippen LogP contribution in [0.4, 0.5) is 0 Å². The summed E-state index contributed by atoms with van der Waals surface area (Å²) in [5.41, 5.74) is 4.50. The van der Waals surface area contributed by atoms with Crippen LogP contribution in [0, 0.1) is 0 Å². The normalized spacial score (nSPS) is 10.9. The molecule has 3 aromatic rings. The molecule has 1 nitrogen and oxygen atoms in total. The average molecular weight is 336 g/mol. The predicted molar refractivity (Wildman–Crippen MR) is 92.7 cm³/mol. The van der Waals surface area contributed by atoms with Gasteiger partial charge in [0.2, 0.25) is 0 Å². The third-order valence-corrected chi connectivity index (χ3v) is 3.73. The zero-order valence-corrected chi connectivity index (χ0v) is 13.0. The molecule has 1 heterocycles. The van der Waals surface area contributed by atoms with E-state index in [1.54, 1.807) is 0 Å². The average Bonchev–Trinajstić information content (AvgIpc) is 2.55. The summed E-state index contributed by atoms with van der Waals surface area (Å²) in [6.45, 7) is 0. The first kappa shape index (κ1) is 13.8. The summed E-state index contributed by atoms with van der Waals surface area (Å²) in [6, 6.07) is 22.7. The summed E-state index contributed by atoms with van der Waals surface area (Å²) in [6.07, 6.45) is 5.96. The second-order valence-corrected chi connectivity index (χ2v) is 5.64. The van der Waals surface area contributed by atoms with E-state index in [1.165, 1.54) is 11.1 Å². The molecule has 0 aliphatic rings. The van der Waals surface area contributed by atoms with Crippen molar-refractivity contribution in [2.45, 2.75) is 0 Å². The molecule has 0 aliphatic heterocycles. The fourth-order valence-electron chi connectivity index (χ4n) is 2.11. The zero-order chi connectivity index (χ0) is 14.5. The highest BCUT2D eigenvalue weighted by atomic mass is 79.9. The second-order valence-electron chi connectivity index (χ2n) is 4.72. The van der Waals surface area contributed by atoms with Crippen molar-refractivity contribution in [1.82, 2.24) is 4.98 Å². The number of rotatable bonds is 3. The van der Waals surface area contributed by atoms with Crippen molar-refractivity contribution in [2.24, 2.45) is 0 Å². The summed E-state index contributed by atoms with van der Waals surface area (Å²) in [7, 11) is 0. The first-order valence-corrected chi connectivity index (χ1v) is 7.56. The quantitative estimate of drug-likeness (QED) is 0.599. The van der Waals surface area contributed by atoms with E-state index in [-0.39, 0.29) is 0 Å². The maximum absolute atomic E-state index is 4.40. The van der Waals surface area contributed by atoms with Gasteiger partial charge in [-0.2, -0.15) is 0 Å². The molecule has 0 amide bonds. The zero-order valence-electron chi connectivity index (χ0n) is 11.4. The highest BCUT2D eigenvalue weighted by molar-refractivity contribution is 9.10. The predicted octanol–water partition coefficient (Wildman–Crippen LogP) is 5.68. The number of benzene rings is 2. The van der Waals surface area contributed by atoms with E-state index in [4.69, 9.17) is 0 Å². The summed E-state index contributed by atoms with van der Waals surface area (Å²) in [4.78, 5) is 4.40. The number of aromatic nitrogens is 1. The number of pyridine rings is 1. The number of hydrogen-bond acceptors (Lipinski definition) is 1. The smallest absolute Gasteiger partial charge is 0.0636 e. The lowest BCUT2D eigenvalue weighted by atomic mass is 10.1. The largest absolute Gasteiger partial charge is 0.257 e. The van der Waals surface area contributed by atoms with Gasteiger partial charge in [-0.15, -0.1) is 0 Å². The fourth-order valence-corrected chi connectivity index (χ4v) is 2.37. The van der Waals surface area contributed by atoms with E-state index < -0.39 is 0 Å². The monoisotopic (exact) mass is 335 g/mol. The van der Waals surface area contributed by atoms with Gasteiger partial charge in [-0.3, -0.25) is 4.98 Å². The number of hydrogen-bond donors (Lipinski definition) is 0.